The van der Waals surface area contributed by atoms with Crippen molar-refractivity contribution in [2.75, 3.05) is 19.0 Å². The van der Waals surface area contributed by atoms with Crippen molar-refractivity contribution in [1.29, 1.82) is 0 Å². The predicted octanol–water partition coefficient (Wildman–Crippen LogP) is 4.05. The molecule has 0 unspecified atom stereocenters. The maximum atomic E-state index is 12.4. The minimum atomic E-state index is -0.816. The zero-order valence-electron chi connectivity index (χ0n) is 18.5. The van der Waals surface area contributed by atoms with Gasteiger partial charge in [-0.1, -0.05) is 6.07 Å². The number of anilines is 1. The maximum absolute atomic E-state index is 12.4. The molecule has 2 aromatic carbocycles. The Morgan fingerprint density at radius 2 is 1.97 bits per heavy atom. The Morgan fingerprint density at radius 1 is 1.15 bits per heavy atom. The molecule has 1 heterocycles. The van der Waals surface area contributed by atoms with Crippen molar-refractivity contribution in [2.45, 2.75) is 25.8 Å². The zero-order chi connectivity index (χ0) is 23.8. The fraction of sp³-hybridized carbons (Fsp3) is 0.261. The van der Waals surface area contributed by atoms with Gasteiger partial charge < -0.3 is 24.5 Å². The molecular weight excluding hydrogens is 428 g/mol. The van der Waals surface area contributed by atoms with Crippen LogP contribution in [0.2, 0.25) is 0 Å². The van der Waals surface area contributed by atoms with Crippen LogP contribution in [0.5, 0.6) is 11.5 Å². The first-order valence-corrected chi connectivity index (χ1v) is 10.1. The van der Waals surface area contributed by atoms with E-state index in [4.69, 9.17) is 13.9 Å². The minimum absolute atomic E-state index is 0.261. The maximum Gasteiger partial charge on any atom is 0.313 e. The lowest BCUT2D eigenvalue weighted by atomic mass is 10.0. The molecule has 0 saturated carbocycles. The molecule has 2 N–H and O–H groups in total. The average molecular weight is 452 g/mol. The molecule has 0 aliphatic carbocycles. The van der Waals surface area contributed by atoms with E-state index < -0.39 is 17.4 Å². The van der Waals surface area contributed by atoms with E-state index in [9.17, 15) is 14.5 Å². The quantitative estimate of drug-likeness (QED) is 0.370. The number of benzene rings is 2. The minimum Gasteiger partial charge on any atom is -0.496 e. The summed E-state index contributed by atoms with van der Waals surface area (Å²) < 4.78 is 16.2. The molecule has 10 heteroatoms. The number of amides is 2. The Bertz CT molecular complexity index is 1130. The third-order valence-corrected chi connectivity index (χ3v) is 4.73. The fourth-order valence-corrected chi connectivity index (χ4v) is 2.99. The summed E-state index contributed by atoms with van der Waals surface area (Å²) in [6, 6.07) is 11.4. The van der Waals surface area contributed by atoms with Crippen LogP contribution in [-0.2, 0) is 9.59 Å². The number of ether oxygens (including phenoxy) is 2. The second-order valence-electron chi connectivity index (χ2n) is 7.76. The number of carbonyl (C=O) groups is 2. The van der Waals surface area contributed by atoms with E-state index in [0.717, 1.165) is 0 Å². The topological polar surface area (TPSA) is 132 Å². The Kier molecular flexibility index (Phi) is 7.39. The SMILES string of the molecule is COc1cc(NC(=O)C(=O)NC(C)(C)CCOc2cccc(N=O)c2)ccc1-c1cnco1. The van der Waals surface area contributed by atoms with E-state index in [1.165, 1.54) is 19.6 Å². The lowest BCUT2D eigenvalue weighted by molar-refractivity contribution is -0.137. The van der Waals surface area contributed by atoms with Gasteiger partial charge in [-0.2, -0.15) is 0 Å². The van der Waals surface area contributed by atoms with Gasteiger partial charge in [0.15, 0.2) is 12.2 Å². The van der Waals surface area contributed by atoms with Crippen LogP contribution < -0.4 is 20.1 Å². The molecule has 0 aliphatic heterocycles. The van der Waals surface area contributed by atoms with Crippen molar-refractivity contribution in [2.24, 2.45) is 5.18 Å². The van der Waals surface area contributed by atoms with Gasteiger partial charge in [-0.25, -0.2) is 4.98 Å². The summed E-state index contributed by atoms with van der Waals surface area (Å²) in [7, 11) is 1.49. The van der Waals surface area contributed by atoms with Crippen LogP contribution in [0.1, 0.15) is 20.3 Å². The van der Waals surface area contributed by atoms with Gasteiger partial charge in [-0.15, -0.1) is 4.91 Å². The molecule has 0 saturated heterocycles. The first-order valence-electron chi connectivity index (χ1n) is 10.1. The number of hydrogen-bond donors (Lipinski definition) is 2. The largest absolute Gasteiger partial charge is 0.496 e. The standard InChI is InChI=1S/C23H24N4O6/c1-23(2,9-10-32-17-6-4-5-16(11-17)27-30)26-22(29)21(28)25-15-7-8-18(19(12-15)31-3)20-13-24-14-33-20/h4-8,11-14H,9-10H2,1-3H3,(H,25,28)(H,26,29). The van der Waals surface area contributed by atoms with Crippen LogP contribution >= 0.6 is 0 Å². The summed E-state index contributed by atoms with van der Waals surface area (Å²) in [5, 5.41) is 8.11. The molecule has 0 atom stereocenters. The Balaban J connectivity index is 1.54. The van der Waals surface area contributed by atoms with Gasteiger partial charge in [0, 0.05) is 29.8 Å². The third kappa shape index (κ3) is 6.39. The number of methoxy groups -OCH3 is 1. The number of nitrogens with zero attached hydrogens (tertiary/aromatic N) is 2. The van der Waals surface area contributed by atoms with E-state index in [-0.39, 0.29) is 12.3 Å². The van der Waals surface area contributed by atoms with Crippen LogP contribution in [-0.4, -0.2) is 36.1 Å². The summed E-state index contributed by atoms with van der Waals surface area (Å²) in [4.78, 5) is 39.3. The van der Waals surface area contributed by atoms with Gasteiger partial charge in [0.25, 0.3) is 0 Å². The van der Waals surface area contributed by atoms with Crippen molar-refractivity contribution in [3.8, 4) is 22.8 Å². The fourth-order valence-electron chi connectivity index (χ4n) is 2.99. The zero-order valence-corrected chi connectivity index (χ0v) is 18.5. The van der Waals surface area contributed by atoms with Crippen LogP contribution in [0.3, 0.4) is 0 Å². The number of nitrogens with one attached hydrogen (secondary N) is 2. The molecule has 1 aromatic heterocycles. The van der Waals surface area contributed by atoms with Gasteiger partial charge in [0.05, 0.1) is 25.5 Å². The molecule has 3 aromatic rings. The van der Waals surface area contributed by atoms with E-state index in [1.807, 2.05) is 0 Å². The van der Waals surface area contributed by atoms with Gasteiger partial charge in [0.2, 0.25) is 0 Å². The molecule has 0 aliphatic rings. The lowest BCUT2D eigenvalue weighted by Crippen LogP contribution is -2.48. The molecule has 33 heavy (non-hydrogen) atoms. The highest BCUT2D eigenvalue weighted by Gasteiger charge is 2.25. The first-order chi connectivity index (χ1) is 15.8. The van der Waals surface area contributed by atoms with Gasteiger partial charge in [-0.05, 0) is 43.3 Å². The third-order valence-electron chi connectivity index (χ3n) is 4.73. The molecule has 10 nitrogen and oxygen atoms in total. The molecule has 172 valence electrons. The summed E-state index contributed by atoms with van der Waals surface area (Å²) in [5.74, 6) is -0.139. The monoisotopic (exact) mass is 452 g/mol. The van der Waals surface area contributed by atoms with Crippen LogP contribution in [0.4, 0.5) is 11.4 Å². The van der Waals surface area contributed by atoms with E-state index in [2.05, 4.69) is 20.8 Å². The molecule has 0 radical (unpaired) electrons. The number of rotatable bonds is 9. The summed E-state index contributed by atoms with van der Waals surface area (Å²) in [6.07, 6.45) is 3.27. The van der Waals surface area contributed by atoms with E-state index in [0.29, 0.717) is 34.9 Å². The van der Waals surface area contributed by atoms with Gasteiger partial charge in [0.1, 0.15) is 17.2 Å². The number of oxazole rings is 1. The molecule has 0 spiro atoms. The van der Waals surface area contributed by atoms with E-state index >= 15 is 0 Å². The summed E-state index contributed by atoms with van der Waals surface area (Å²) in [5.41, 5.74) is 0.596. The van der Waals surface area contributed by atoms with Gasteiger partial charge >= 0.3 is 11.8 Å². The van der Waals surface area contributed by atoms with Crippen LogP contribution in [0.25, 0.3) is 11.3 Å². The number of nitroso groups, excluding NO2 is 1. The Labute approximate surface area is 190 Å². The van der Waals surface area contributed by atoms with Crippen LogP contribution in [0, 0.1) is 4.91 Å². The lowest BCUT2D eigenvalue weighted by Gasteiger charge is -2.26. The Morgan fingerprint density at radius 3 is 2.67 bits per heavy atom. The molecule has 2 amide bonds. The second-order valence-corrected chi connectivity index (χ2v) is 7.76. The molecule has 0 bridgehead atoms. The van der Waals surface area contributed by atoms with Crippen molar-refractivity contribution < 1.29 is 23.5 Å². The van der Waals surface area contributed by atoms with E-state index in [1.54, 1.807) is 56.4 Å². The van der Waals surface area contributed by atoms with Crippen molar-refractivity contribution in [3.05, 3.63) is 60.0 Å². The summed E-state index contributed by atoms with van der Waals surface area (Å²) in [6.45, 7) is 3.82. The molecule has 0 fully saturated rings. The van der Waals surface area contributed by atoms with Crippen molar-refractivity contribution in [1.82, 2.24) is 10.3 Å². The van der Waals surface area contributed by atoms with Crippen molar-refractivity contribution in [3.63, 3.8) is 0 Å². The second kappa shape index (κ2) is 10.4. The Hall–Kier alpha value is -4.21. The average Bonchev–Trinajstić information content (AvgIpc) is 3.33. The molecular formula is C23H24N4O6. The number of hydrogen-bond acceptors (Lipinski definition) is 8. The highest BCUT2D eigenvalue weighted by Crippen LogP contribution is 2.32. The number of aromatic nitrogens is 1. The van der Waals surface area contributed by atoms with Crippen LogP contribution in [0.15, 0.2) is 64.6 Å². The smallest absolute Gasteiger partial charge is 0.313 e. The highest BCUT2D eigenvalue weighted by atomic mass is 16.5. The first kappa shape index (κ1) is 23.5. The predicted molar refractivity (Wildman–Crippen MR) is 121 cm³/mol. The number of carbonyl (C=O) groups excluding carboxylic acids is 2. The normalized spacial score (nSPS) is 10.9. The molecule has 3 rings (SSSR count). The highest BCUT2D eigenvalue weighted by molar-refractivity contribution is 6.39. The van der Waals surface area contributed by atoms with Crippen molar-refractivity contribution >= 4 is 23.2 Å². The summed E-state index contributed by atoms with van der Waals surface area (Å²) >= 11 is 0. The van der Waals surface area contributed by atoms with Gasteiger partial charge in [-0.3, -0.25) is 9.59 Å².